The Kier molecular flexibility index (Phi) is 3.24. The Morgan fingerprint density at radius 1 is 1.29 bits per heavy atom. The maximum Gasteiger partial charge on any atom is 0.238 e. The Labute approximate surface area is 97.0 Å². The van der Waals surface area contributed by atoms with E-state index < -0.39 is 11.9 Å². The number of aromatic nitrogens is 3. The summed E-state index contributed by atoms with van der Waals surface area (Å²) in [5.41, 5.74) is 0.249. The first kappa shape index (κ1) is 11.4. The molecule has 88 valence electrons. The van der Waals surface area contributed by atoms with E-state index in [4.69, 9.17) is 4.74 Å². The quantitative estimate of drug-likeness (QED) is 0.862. The minimum Gasteiger partial charge on any atom is -0.480 e. The maximum absolute atomic E-state index is 13.4. The van der Waals surface area contributed by atoms with Crippen molar-refractivity contribution >= 4 is 0 Å². The SMILES string of the molecule is COc1nccnc1C(O)c1ccncc1F. The van der Waals surface area contributed by atoms with Gasteiger partial charge in [-0.05, 0) is 6.07 Å². The second kappa shape index (κ2) is 4.84. The molecule has 17 heavy (non-hydrogen) atoms. The van der Waals surface area contributed by atoms with E-state index in [1.807, 2.05) is 0 Å². The highest BCUT2D eigenvalue weighted by atomic mass is 19.1. The molecule has 0 aromatic carbocycles. The van der Waals surface area contributed by atoms with Crippen LogP contribution in [0.25, 0.3) is 0 Å². The van der Waals surface area contributed by atoms with Gasteiger partial charge in [0.2, 0.25) is 5.88 Å². The van der Waals surface area contributed by atoms with Crippen LogP contribution in [0.4, 0.5) is 4.39 Å². The molecule has 2 aromatic rings. The Balaban J connectivity index is 2.44. The van der Waals surface area contributed by atoms with Crippen molar-refractivity contribution in [3.8, 4) is 5.88 Å². The standard InChI is InChI=1S/C11H10FN3O2/c1-17-11-9(14-4-5-15-11)10(16)7-2-3-13-6-8(7)12/h2-6,10,16H,1H3. The Morgan fingerprint density at radius 3 is 2.76 bits per heavy atom. The van der Waals surface area contributed by atoms with E-state index in [1.54, 1.807) is 0 Å². The molecule has 6 heteroatoms. The molecule has 5 nitrogen and oxygen atoms in total. The molecule has 0 aliphatic carbocycles. The molecular formula is C11H10FN3O2. The molecule has 1 unspecified atom stereocenters. The number of aliphatic hydroxyl groups is 1. The lowest BCUT2D eigenvalue weighted by Gasteiger charge is -2.12. The third-order valence-electron chi connectivity index (χ3n) is 2.24. The summed E-state index contributed by atoms with van der Waals surface area (Å²) in [6.07, 6.45) is 4.02. The molecule has 0 saturated heterocycles. The number of hydrogen-bond acceptors (Lipinski definition) is 5. The lowest BCUT2D eigenvalue weighted by atomic mass is 10.1. The van der Waals surface area contributed by atoms with Gasteiger partial charge in [-0.3, -0.25) is 9.97 Å². The number of nitrogens with zero attached hydrogens (tertiary/aromatic N) is 3. The van der Waals surface area contributed by atoms with Crippen molar-refractivity contribution in [2.75, 3.05) is 7.11 Å². The minimum atomic E-state index is -1.23. The molecule has 0 saturated carbocycles. The van der Waals surface area contributed by atoms with Gasteiger partial charge in [0.1, 0.15) is 17.6 Å². The van der Waals surface area contributed by atoms with Crippen LogP contribution in [0, 0.1) is 5.82 Å². The first-order valence-corrected chi connectivity index (χ1v) is 4.86. The molecule has 0 spiro atoms. The van der Waals surface area contributed by atoms with Crippen molar-refractivity contribution in [2.45, 2.75) is 6.10 Å². The summed E-state index contributed by atoms with van der Waals surface area (Å²) in [5, 5.41) is 10.0. The lowest BCUT2D eigenvalue weighted by molar-refractivity contribution is 0.202. The summed E-state index contributed by atoms with van der Waals surface area (Å²) in [6, 6.07) is 1.38. The van der Waals surface area contributed by atoms with Gasteiger partial charge in [-0.25, -0.2) is 9.37 Å². The van der Waals surface area contributed by atoms with Gasteiger partial charge < -0.3 is 9.84 Å². The molecule has 0 bridgehead atoms. The summed E-state index contributed by atoms with van der Waals surface area (Å²) < 4.78 is 18.4. The number of halogens is 1. The summed E-state index contributed by atoms with van der Waals surface area (Å²) in [6.45, 7) is 0. The zero-order valence-corrected chi connectivity index (χ0v) is 9.04. The van der Waals surface area contributed by atoms with E-state index in [-0.39, 0.29) is 17.1 Å². The second-order valence-electron chi connectivity index (χ2n) is 3.25. The normalized spacial score (nSPS) is 12.2. The van der Waals surface area contributed by atoms with Crippen molar-refractivity contribution in [3.05, 3.63) is 47.9 Å². The monoisotopic (exact) mass is 235 g/mol. The largest absolute Gasteiger partial charge is 0.480 e. The van der Waals surface area contributed by atoms with Crippen LogP contribution in [0.15, 0.2) is 30.9 Å². The maximum atomic E-state index is 13.4. The van der Waals surface area contributed by atoms with Gasteiger partial charge in [-0.2, -0.15) is 0 Å². The van der Waals surface area contributed by atoms with Gasteiger partial charge in [0.15, 0.2) is 0 Å². The average Bonchev–Trinajstić information content (AvgIpc) is 2.38. The molecule has 0 amide bonds. The van der Waals surface area contributed by atoms with Crippen LogP contribution in [-0.2, 0) is 0 Å². The van der Waals surface area contributed by atoms with E-state index in [1.165, 1.54) is 31.8 Å². The van der Waals surface area contributed by atoms with Crippen LogP contribution >= 0.6 is 0 Å². The molecule has 0 fully saturated rings. The van der Waals surface area contributed by atoms with E-state index in [0.717, 1.165) is 6.20 Å². The molecule has 1 atom stereocenters. The minimum absolute atomic E-state index is 0.0822. The summed E-state index contributed by atoms with van der Waals surface area (Å²) in [5.74, 6) is -0.441. The molecule has 2 heterocycles. The van der Waals surface area contributed by atoms with Gasteiger partial charge in [0.05, 0.1) is 13.3 Å². The fourth-order valence-corrected chi connectivity index (χ4v) is 1.44. The summed E-state index contributed by atoms with van der Waals surface area (Å²) in [4.78, 5) is 11.4. The highest BCUT2D eigenvalue weighted by molar-refractivity contribution is 5.30. The highest BCUT2D eigenvalue weighted by Crippen LogP contribution is 2.26. The first-order valence-electron chi connectivity index (χ1n) is 4.86. The van der Waals surface area contributed by atoms with Gasteiger partial charge in [-0.15, -0.1) is 0 Å². The fraction of sp³-hybridized carbons (Fsp3) is 0.182. The smallest absolute Gasteiger partial charge is 0.238 e. The average molecular weight is 235 g/mol. The first-order chi connectivity index (χ1) is 8.24. The molecule has 2 aromatic heterocycles. The molecule has 1 N–H and O–H groups in total. The third-order valence-corrected chi connectivity index (χ3v) is 2.24. The molecule has 2 rings (SSSR count). The van der Waals surface area contributed by atoms with E-state index in [2.05, 4.69) is 15.0 Å². The lowest BCUT2D eigenvalue weighted by Crippen LogP contribution is -2.08. The van der Waals surface area contributed by atoms with Crippen LogP contribution in [-0.4, -0.2) is 27.2 Å². The number of ether oxygens (including phenoxy) is 1. The molecular weight excluding hydrogens is 225 g/mol. The number of rotatable bonds is 3. The second-order valence-corrected chi connectivity index (χ2v) is 3.25. The fourth-order valence-electron chi connectivity index (χ4n) is 1.44. The third kappa shape index (κ3) is 2.21. The summed E-state index contributed by atoms with van der Waals surface area (Å²) in [7, 11) is 1.41. The van der Waals surface area contributed by atoms with Gasteiger partial charge in [-0.1, -0.05) is 0 Å². The van der Waals surface area contributed by atoms with Crippen molar-refractivity contribution in [1.29, 1.82) is 0 Å². The number of pyridine rings is 1. The van der Waals surface area contributed by atoms with Crippen molar-refractivity contribution in [2.24, 2.45) is 0 Å². The molecule has 0 radical (unpaired) electrons. The number of aliphatic hydroxyl groups excluding tert-OH is 1. The Morgan fingerprint density at radius 2 is 2.06 bits per heavy atom. The van der Waals surface area contributed by atoms with E-state index in [9.17, 15) is 9.50 Å². The highest BCUT2D eigenvalue weighted by Gasteiger charge is 2.20. The predicted octanol–water partition coefficient (Wildman–Crippen LogP) is 1.10. The zero-order valence-electron chi connectivity index (χ0n) is 9.04. The topological polar surface area (TPSA) is 68.1 Å². The van der Waals surface area contributed by atoms with Crippen molar-refractivity contribution in [3.63, 3.8) is 0 Å². The zero-order chi connectivity index (χ0) is 12.3. The van der Waals surface area contributed by atoms with Crippen LogP contribution in [0.1, 0.15) is 17.4 Å². The van der Waals surface area contributed by atoms with Gasteiger partial charge in [0.25, 0.3) is 0 Å². The van der Waals surface area contributed by atoms with Crippen LogP contribution in [0.3, 0.4) is 0 Å². The summed E-state index contributed by atoms with van der Waals surface area (Å²) >= 11 is 0. The van der Waals surface area contributed by atoms with E-state index in [0.29, 0.717) is 0 Å². The van der Waals surface area contributed by atoms with Crippen molar-refractivity contribution in [1.82, 2.24) is 15.0 Å². The Hall–Kier alpha value is -2.08. The Bertz CT molecular complexity index is 522. The van der Waals surface area contributed by atoms with Gasteiger partial charge in [0, 0.05) is 24.2 Å². The molecule has 0 aliphatic heterocycles. The number of hydrogen-bond donors (Lipinski definition) is 1. The van der Waals surface area contributed by atoms with Gasteiger partial charge >= 0.3 is 0 Å². The van der Waals surface area contributed by atoms with Crippen LogP contribution in [0.2, 0.25) is 0 Å². The van der Waals surface area contributed by atoms with Crippen LogP contribution < -0.4 is 4.74 Å². The van der Waals surface area contributed by atoms with Crippen LogP contribution in [0.5, 0.6) is 5.88 Å². The number of methoxy groups -OCH3 is 1. The predicted molar refractivity (Wildman–Crippen MR) is 56.8 cm³/mol. The van der Waals surface area contributed by atoms with Crippen molar-refractivity contribution < 1.29 is 14.2 Å². The molecule has 0 aliphatic rings. The van der Waals surface area contributed by atoms with E-state index >= 15 is 0 Å².